The van der Waals surface area contributed by atoms with Crippen molar-refractivity contribution in [1.29, 1.82) is 0 Å². The summed E-state index contributed by atoms with van der Waals surface area (Å²) >= 11 is 0. The van der Waals surface area contributed by atoms with Gasteiger partial charge in [0.15, 0.2) is 0 Å². The maximum absolute atomic E-state index is 12.7. The summed E-state index contributed by atoms with van der Waals surface area (Å²) in [4.78, 5) is 24.4. The molecule has 0 unspecified atom stereocenters. The van der Waals surface area contributed by atoms with Crippen LogP contribution in [0.5, 0.6) is 0 Å². The summed E-state index contributed by atoms with van der Waals surface area (Å²) in [5, 5.41) is 22.2. The Bertz CT molecular complexity index is 982. The number of ether oxygens (including phenoxy) is 2. The molecule has 2 heterocycles. The molecule has 0 fully saturated rings. The average molecular weight is 416 g/mol. The molecule has 3 N–H and O–H groups in total. The lowest BCUT2D eigenvalue weighted by atomic mass is 9.99. The second-order valence-electron chi connectivity index (χ2n) is 7.26. The number of benzene rings is 1. The Labute approximate surface area is 174 Å². The highest BCUT2D eigenvalue weighted by Gasteiger charge is 2.23. The van der Waals surface area contributed by atoms with Gasteiger partial charge in [-0.3, -0.25) is 4.79 Å². The van der Waals surface area contributed by atoms with Crippen LogP contribution in [0, 0.1) is 0 Å². The smallest absolute Gasteiger partial charge is 0.341 e. The highest BCUT2D eigenvalue weighted by Crippen LogP contribution is 2.25. The van der Waals surface area contributed by atoms with Crippen molar-refractivity contribution in [2.75, 3.05) is 38.3 Å². The van der Waals surface area contributed by atoms with Gasteiger partial charge >= 0.3 is 5.97 Å². The lowest BCUT2D eigenvalue weighted by Gasteiger charge is -2.23. The van der Waals surface area contributed by atoms with E-state index in [4.69, 9.17) is 14.6 Å². The van der Waals surface area contributed by atoms with E-state index in [1.165, 1.54) is 0 Å². The molecule has 8 nitrogen and oxygen atoms in total. The number of carboxylic acid groups (broad SMARTS) is 1. The summed E-state index contributed by atoms with van der Waals surface area (Å²) in [6.45, 7) is 6.50. The molecule has 0 spiro atoms. The van der Waals surface area contributed by atoms with E-state index in [2.05, 4.69) is 11.9 Å². The Hall–Kier alpha value is -2.84. The van der Waals surface area contributed by atoms with Gasteiger partial charge in [0, 0.05) is 36.3 Å². The van der Waals surface area contributed by atoms with Crippen molar-refractivity contribution >= 4 is 22.6 Å². The van der Waals surface area contributed by atoms with Gasteiger partial charge in [-0.25, -0.2) is 4.79 Å². The van der Waals surface area contributed by atoms with E-state index in [0.717, 1.165) is 24.0 Å². The van der Waals surface area contributed by atoms with Crippen molar-refractivity contribution in [3.8, 4) is 0 Å². The predicted molar refractivity (Wildman–Crippen MR) is 115 cm³/mol. The molecular formula is C22H28N2O6. The second kappa shape index (κ2) is 10.3. The van der Waals surface area contributed by atoms with Crippen molar-refractivity contribution in [3.05, 3.63) is 52.0 Å². The average Bonchev–Trinajstić information content (AvgIpc) is 2.72. The van der Waals surface area contributed by atoms with Crippen molar-refractivity contribution in [3.63, 3.8) is 0 Å². The van der Waals surface area contributed by atoms with Gasteiger partial charge in [0.2, 0.25) is 5.43 Å². The van der Waals surface area contributed by atoms with Crippen LogP contribution in [-0.2, 0) is 22.4 Å². The minimum absolute atomic E-state index is 0.0955. The zero-order chi connectivity index (χ0) is 21.5. The number of nitrogens with zero attached hydrogens (tertiary/aromatic N) is 1. The zero-order valence-electron chi connectivity index (χ0n) is 17.0. The number of aliphatic hydroxyl groups excluding tert-OH is 1. The summed E-state index contributed by atoms with van der Waals surface area (Å²) in [6, 6.07) is 5.39. The molecule has 0 bridgehead atoms. The van der Waals surface area contributed by atoms with E-state index in [1.807, 2.05) is 10.6 Å². The molecule has 2 aromatic rings. The van der Waals surface area contributed by atoms with Crippen LogP contribution >= 0.6 is 0 Å². The summed E-state index contributed by atoms with van der Waals surface area (Å²) < 4.78 is 12.8. The number of nitrogens with one attached hydrogen (secondary N) is 1. The fourth-order valence-corrected chi connectivity index (χ4v) is 3.68. The molecule has 0 aliphatic carbocycles. The third-order valence-corrected chi connectivity index (χ3v) is 5.12. The number of hydrogen-bond donors (Lipinski definition) is 3. The largest absolute Gasteiger partial charge is 0.513 e. The van der Waals surface area contributed by atoms with Crippen LogP contribution in [0.3, 0.4) is 0 Å². The summed E-state index contributed by atoms with van der Waals surface area (Å²) in [7, 11) is 0. The van der Waals surface area contributed by atoms with E-state index in [1.54, 1.807) is 12.1 Å². The minimum Gasteiger partial charge on any atom is -0.513 e. The highest BCUT2D eigenvalue weighted by molar-refractivity contribution is 5.95. The fourth-order valence-electron chi connectivity index (χ4n) is 3.68. The number of anilines is 1. The topological polar surface area (TPSA) is 110 Å². The molecule has 1 aliphatic heterocycles. The second-order valence-corrected chi connectivity index (χ2v) is 7.26. The molecule has 1 aromatic carbocycles. The number of aromatic carboxylic acids is 1. The van der Waals surface area contributed by atoms with Gasteiger partial charge in [-0.15, -0.1) is 0 Å². The minimum atomic E-state index is -1.16. The number of aryl methyl sites for hydroxylation is 1. The number of rotatable bonds is 11. The van der Waals surface area contributed by atoms with Crippen LogP contribution in [-0.4, -0.2) is 53.7 Å². The lowest BCUT2D eigenvalue weighted by Crippen LogP contribution is -2.26. The van der Waals surface area contributed by atoms with Gasteiger partial charge in [-0.05, 0) is 37.5 Å². The normalized spacial score (nSPS) is 13.2. The number of pyridine rings is 1. The molecule has 0 saturated heterocycles. The molecule has 3 rings (SSSR count). The number of carbonyl (C=O) groups is 1. The number of hydrogen-bond acceptors (Lipinski definition) is 6. The van der Waals surface area contributed by atoms with Gasteiger partial charge in [-0.2, -0.15) is 0 Å². The first kappa shape index (κ1) is 21.9. The summed E-state index contributed by atoms with van der Waals surface area (Å²) in [6.07, 6.45) is 2.88. The van der Waals surface area contributed by atoms with Gasteiger partial charge in [0.1, 0.15) is 5.56 Å². The Balaban J connectivity index is 1.61. The van der Waals surface area contributed by atoms with E-state index in [0.29, 0.717) is 63.4 Å². The van der Waals surface area contributed by atoms with E-state index in [-0.39, 0.29) is 11.3 Å². The van der Waals surface area contributed by atoms with Crippen molar-refractivity contribution in [2.45, 2.75) is 32.2 Å². The van der Waals surface area contributed by atoms with Crippen LogP contribution in [0.25, 0.3) is 10.9 Å². The van der Waals surface area contributed by atoms with Crippen LogP contribution in [0.1, 0.15) is 35.3 Å². The molecule has 0 amide bonds. The van der Waals surface area contributed by atoms with Crippen LogP contribution in [0.2, 0.25) is 0 Å². The number of aliphatic hydroxyl groups is 1. The third kappa shape index (κ3) is 5.20. The van der Waals surface area contributed by atoms with E-state index >= 15 is 0 Å². The van der Waals surface area contributed by atoms with Crippen molar-refractivity contribution in [2.24, 2.45) is 0 Å². The Kier molecular flexibility index (Phi) is 7.48. The van der Waals surface area contributed by atoms with E-state index < -0.39 is 11.4 Å². The van der Waals surface area contributed by atoms with E-state index in [9.17, 15) is 14.7 Å². The SMILES string of the molecule is C=C(O)CCOCCOCCNc1ccc2c(=O)c(C(=O)O)c3n(c2c1)CCCC3. The van der Waals surface area contributed by atoms with Gasteiger partial charge in [-0.1, -0.05) is 6.58 Å². The van der Waals surface area contributed by atoms with Gasteiger partial charge < -0.3 is 29.6 Å². The fraction of sp³-hybridized carbons (Fsp3) is 0.455. The molecule has 1 aromatic heterocycles. The van der Waals surface area contributed by atoms with Crippen molar-refractivity contribution < 1.29 is 24.5 Å². The van der Waals surface area contributed by atoms with Crippen LogP contribution < -0.4 is 10.7 Å². The predicted octanol–water partition coefficient (Wildman–Crippen LogP) is 2.94. The third-order valence-electron chi connectivity index (χ3n) is 5.12. The Morgan fingerprint density at radius 3 is 2.63 bits per heavy atom. The van der Waals surface area contributed by atoms with Crippen molar-refractivity contribution in [1.82, 2.24) is 4.57 Å². The Morgan fingerprint density at radius 1 is 1.13 bits per heavy atom. The number of carboxylic acids is 1. The van der Waals surface area contributed by atoms with Gasteiger partial charge in [0.25, 0.3) is 0 Å². The standard InChI is InChI=1S/C22H28N2O6/c1-15(25)7-10-29-12-13-30-11-8-23-16-5-6-17-19(14-16)24-9-3-2-4-18(24)20(21(17)26)22(27)28/h5-6,14,23,25H,1-4,7-13H2,(H,27,28). The molecule has 1 aliphatic rings. The molecule has 30 heavy (non-hydrogen) atoms. The quantitative estimate of drug-likeness (QED) is 0.382. The lowest BCUT2D eigenvalue weighted by molar-refractivity contribution is 0.0504. The molecule has 0 saturated carbocycles. The molecule has 0 radical (unpaired) electrons. The molecule has 8 heteroatoms. The zero-order valence-corrected chi connectivity index (χ0v) is 17.0. The summed E-state index contributed by atoms with van der Waals surface area (Å²) in [5.41, 5.74) is 1.74. The summed E-state index contributed by atoms with van der Waals surface area (Å²) in [5.74, 6) is -1.05. The monoisotopic (exact) mass is 416 g/mol. The maximum Gasteiger partial charge on any atom is 0.341 e. The first-order valence-corrected chi connectivity index (χ1v) is 10.2. The Morgan fingerprint density at radius 2 is 1.90 bits per heavy atom. The maximum atomic E-state index is 12.7. The molecule has 0 atom stereocenters. The molecule has 162 valence electrons. The van der Waals surface area contributed by atoms with Gasteiger partial charge in [0.05, 0.1) is 37.7 Å². The first-order valence-electron chi connectivity index (χ1n) is 10.2. The number of aromatic nitrogens is 1. The van der Waals surface area contributed by atoms with Crippen LogP contribution in [0.15, 0.2) is 35.3 Å². The first-order chi connectivity index (χ1) is 14.5. The molecular weight excluding hydrogens is 388 g/mol. The number of fused-ring (bicyclic) bond motifs is 3. The van der Waals surface area contributed by atoms with Crippen LogP contribution in [0.4, 0.5) is 5.69 Å². The highest BCUT2D eigenvalue weighted by atomic mass is 16.5.